The predicted octanol–water partition coefficient (Wildman–Crippen LogP) is 3.43. The highest BCUT2D eigenvalue weighted by atomic mass is 16.6. The molecule has 10 heteroatoms. The third-order valence-corrected chi connectivity index (χ3v) is 7.26. The van der Waals surface area contributed by atoms with E-state index >= 15 is 0 Å². The summed E-state index contributed by atoms with van der Waals surface area (Å²) in [5.41, 5.74) is 3.37. The highest BCUT2D eigenvalue weighted by Gasteiger charge is 2.35. The highest BCUT2D eigenvalue weighted by Crippen LogP contribution is 2.36. The molecule has 2 aromatic carbocycles. The molecule has 2 aliphatic heterocycles. The van der Waals surface area contributed by atoms with Crippen LogP contribution in [0.5, 0.6) is 11.5 Å². The Labute approximate surface area is 216 Å². The number of ether oxygens (including phenoxy) is 2. The first-order chi connectivity index (χ1) is 17.7. The Morgan fingerprint density at radius 2 is 1.70 bits per heavy atom. The van der Waals surface area contributed by atoms with Crippen molar-refractivity contribution in [3.8, 4) is 11.5 Å². The predicted molar refractivity (Wildman–Crippen MR) is 140 cm³/mol. The van der Waals surface area contributed by atoms with E-state index in [1.54, 1.807) is 4.90 Å². The van der Waals surface area contributed by atoms with Crippen molar-refractivity contribution >= 4 is 23.2 Å². The lowest BCUT2D eigenvalue weighted by Gasteiger charge is -2.40. The number of nitro benzene ring substituents is 1. The fourth-order valence-corrected chi connectivity index (χ4v) is 5.23. The normalized spacial score (nSPS) is 17.9. The van der Waals surface area contributed by atoms with E-state index in [1.807, 2.05) is 4.90 Å². The van der Waals surface area contributed by atoms with Crippen LogP contribution in [0, 0.1) is 29.9 Å². The second kappa shape index (κ2) is 11.1. The number of nitrogens with zero attached hydrogens (tertiary/aromatic N) is 4. The molecule has 1 atom stereocenters. The number of hydrogen-bond donors (Lipinski definition) is 0. The van der Waals surface area contributed by atoms with Crippen molar-refractivity contribution in [3.05, 3.63) is 57.1 Å². The number of piperazine rings is 1. The number of benzene rings is 2. The average molecular weight is 511 g/mol. The van der Waals surface area contributed by atoms with Gasteiger partial charge in [0, 0.05) is 45.0 Å². The number of anilines is 1. The fourth-order valence-electron chi connectivity index (χ4n) is 5.23. The Kier molecular flexibility index (Phi) is 7.85. The van der Waals surface area contributed by atoms with Crippen LogP contribution in [0.3, 0.4) is 0 Å². The molecule has 0 aromatic heterocycles. The van der Waals surface area contributed by atoms with E-state index < -0.39 is 10.8 Å². The fraction of sp³-hybridized carbons (Fsp3) is 0.481. The van der Waals surface area contributed by atoms with Gasteiger partial charge in [-0.1, -0.05) is 12.1 Å². The molecule has 0 radical (unpaired) electrons. The molecular weight excluding hydrogens is 476 g/mol. The van der Waals surface area contributed by atoms with Gasteiger partial charge in [0.1, 0.15) is 5.75 Å². The lowest BCUT2D eigenvalue weighted by Crippen LogP contribution is -2.53. The zero-order chi connectivity index (χ0) is 26.7. The summed E-state index contributed by atoms with van der Waals surface area (Å²) >= 11 is 0. The van der Waals surface area contributed by atoms with Crippen LogP contribution in [0.2, 0.25) is 0 Å². The summed E-state index contributed by atoms with van der Waals surface area (Å²) < 4.78 is 10.4. The Morgan fingerprint density at radius 1 is 0.973 bits per heavy atom. The van der Waals surface area contributed by atoms with Gasteiger partial charge < -0.3 is 24.2 Å². The summed E-state index contributed by atoms with van der Waals surface area (Å²) in [5, 5.41) is 11.6. The molecule has 1 unspecified atom stereocenters. The van der Waals surface area contributed by atoms with Gasteiger partial charge in [-0.25, -0.2) is 0 Å². The van der Waals surface area contributed by atoms with Gasteiger partial charge >= 0.3 is 5.69 Å². The second-order valence-electron chi connectivity index (χ2n) is 9.68. The van der Waals surface area contributed by atoms with Crippen LogP contribution in [-0.2, 0) is 4.79 Å². The van der Waals surface area contributed by atoms with Crippen molar-refractivity contribution < 1.29 is 24.0 Å². The minimum Gasteiger partial charge on any atom is -0.496 e. The summed E-state index contributed by atoms with van der Waals surface area (Å²) in [7, 11) is 2.68. The maximum Gasteiger partial charge on any atom is 0.315 e. The van der Waals surface area contributed by atoms with Crippen molar-refractivity contribution in [2.24, 2.45) is 5.92 Å². The number of likely N-dealkylation sites (tertiary alicyclic amines) is 1. The Balaban J connectivity index is 1.45. The number of nitro groups is 1. The van der Waals surface area contributed by atoms with Crippen LogP contribution in [-0.4, -0.2) is 80.0 Å². The minimum atomic E-state index is -0.599. The molecule has 2 heterocycles. The zero-order valence-electron chi connectivity index (χ0n) is 21.9. The van der Waals surface area contributed by atoms with Crippen molar-refractivity contribution in [1.82, 2.24) is 9.80 Å². The molecule has 2 saturated heterocycles. The van der Waals surface area contributed by atoms with Gasteiger partial charge in [0.25, 0.3) is 5.91 Å². The van der Waals surface area contributed by atoms with E-state index in [2.05, 4.69) is 36.9 Å². The molecule has 2 aromatic rings. The lowest BCUT2D eigenvalue weighted by molar-refractivity contribution is -0.385. The summed E-state index contributed by atoms with van der Waals surface area (Å²) in [5.74, 6) is -0.566. The van der Waals surface area contributed by atoms with Crippen LogP contribution in [0.25, 0.3) is 0 Å². The van der Waals surface area contributed by atoms with E-state index in [1.165, 1.54) is 43.2 Å². The first kappa shape index (κ1) is 26.2. The van der Waals surface area contributed by atoms with E-state index in [0.29, 0.717) is 32.5 Å². The molecular formula is C27H34N4O6. The van der Waals surface area contributed by atoms with Crippen LogP contribution < -0.4 is 14.4 Å². The van der Waals surface area contributed by atoms with Crippen LogP contribution in [0.1, 0.15) is 34.3 Å². The largest absolute Gasteiger partial charge is 0.496 e. The first-order valence-electron chi connectivity index (χ1n) is 12.5. The number of piperidine rings is 1. The third-order valence-electron chi connectivity index (χ3n) is 7.26. The molecule has 2 amide bonds. The van der Waals surface area contributed by atoms with E-state index in [4.69, 9.17) is 9.47 Å². The molecule has 0 saturated carbocycles. The van der Waals surface area contributed by atoms with E-state index in [9.17, 15) is 19.7 Å². The van der Waals surface area contributed by atoms with Crippen LogP contribution in [0.4, 0.5) is 11.4 Å². The quantitative estimate of drug-likeness (QED) is 0.433. The summed E-state index contributed by atoms with van der Waals surface area (Å²) in [4.78, 5) is 43.7. The number of hydrogen-bond acceptors (Lipinski definition) is 7. The van der Waals surface area contributed by atoms with Gasteiger partial charge in [0.15, 0.2) is 0 Å². The molecule has 2 aliphatic rings. The smallest absolute Gasteiger partial charge is 0.315 e. The number of aryl methyl sites for hydroxylation is 2. The van der Waals surface area contributed by atoms with Gasteiger partial charge in [-0.05, 0) is 49.9 Å². The summed E-state index contributed by atoms with van der Waals surface area (Å²) in [6.45, 7) is 7.70. The molecule has 0 N–H and O–H groups in total. The molecule has 0 bridgehead atoms. The number of amides is 2. The van der Waals surface area contributed by atoms with Crippen molar-refractivity contribution in [2.75, 3.05) is 58.4 Å². The maximum atomic E-state index is 13.5. The number of carbonyl (C=O) groups is 2. The Morgan fingerprint density at radius 3 is 2.35 bits per heavy atom. The van der Waals surface area contributed by atoms with Crippen molar-refractivity contribution in [1.29, 1.82) is 0 Å². The maximum absolute atomic E-state index is 13.5. The van der Waals surface area contributed by atoms with Gasteiger partial charge in [-0.15, -0.1) is 0 Å². The van der Waals surface area contributed by atoms with E-state index in [0.717, 1.165) is 13.1 Å². The van der Waals surface area contributed by atoms with Crippen LogP contribution >= 0.6 is 0 Å². The zero-order valence-corrected chi connectivity index (χ0v) is 21.9. The molecule has 37 heavy (non-hydrogen) atoms. The second-order valence-corrected chi connectivity index (χ2v) is 9.68. The van der Waals surface area contributed by atoms with Gasteiger partial charge in [-0.3, -0.25) is 19.7 Å². The number of carbonyl (C=O) groups excluding carboxylic acids is 2. The van der Waals surface area contributed by atoms with Gasteiger partial charge in [-0.2, -0.15) is 0 Å². The minimum absolute atomic E-state index is 0.0571. The molecule has 0 aliphatic carbocycles. The monoisotopic (exact) mass is 510 g/mol. The van der Waals surface area contributed by atoms with Gasteiger partial charge in [0.2, 0.25) is 11.7 Å². The van der Waals surface area contributed by atoms with E-state index in [-0.39, 0.29) is 41.1 Å². The molecule has 2 fully saturated rings. The Hall–Kier alpha value is -3.82. The number of methoxy groups -OCH3 is 2. The van der Waals surface area contributed by atoms with Crippen molar-refractivity contribution in [3.63, 3.8) is 0 Å². The SMILES string of the molecule is COc1cc(C(=O)N2CCCC(C(=O)N3CCN(c4cc(C)ccc4C)CC3)C2)c(OC)c([N+](=O)[O-])c1. The average Bonchev–Trinajstić information content (AvgIpc) is 2.92. The first-order valence-corrected chi connectivity index (χ1v) is 12.5. The molecule has 0 spiro atoms. The standard InChI is InChI=1S/C27H34N4O6/c1-18-7-8-19(2)23(14-18)28-10-12-29(13-11-28)26(32)20-6-5-9-30(17-20)27(33)22-15-21(36-3)16-24(31(34)35)25(22)37-4/h7-8,14-16,20H,5-6,9-13,17H2,1-4H3. The third kappa shape index (κ3) is 5.47. The molecule has 198 valence electrons. The summed E-state index contributed by atoms with van der Waals surface area (Å²) in [6, 6.07) is 9.10. The highest BCUT2D eigenvalue weighted by molar-refractivity contribution is 5.99. The van der Waals surface area contributed by atoms with Crippen LogP contribution in [0.15, 0.2) is 30.3 Å². The number of rotatable bonds is 6. The Bertz CT molecular complexity index is 1190. The summed E-state index contributed by atoms with van der Waals surface area (Å²) in [6.07, 6.45) is 1.38. The topological polar surface area (TPSA) is 105 Å². The molecule has 4 rings (SSSR count). The van der Waals surface area contributed by atoms with Gasteiger partial charge in [0.05, 0.1) is 36.7 Å². The van der Waals surface area contributed by atoms with Crippen molar-refractivity contribution in [2.45, 2.75) is 26.7 Å². The molecule has 10 nitrogen and oxygen atoms in total. The lowest BCUT2D eigenvalue weighted by atomic mass is 9.95.